The van der Waals surface area contributed by atoms with Crippen LogP contribution in [0.3, 0.4) is 0 Å². The van der Waals surface area contributed by atoms with Gasteiger partial charge in [-0.05, 0) is 56.5 Å². The summed E-state index contributed by atoms with van der Waals surface area (Å²) in [5.74, 6) is -4.09. The second-order valence-corrected chi connectivity index (χ2v) is 19.5. The number of rotatable bonds is 8. The number of benzene rings is 1. The maximum atomic E-state index is 15.1. The van der Waals surface area contributed by atoms with Crippen molar-refractivity contribution in [3.8, 4) is 0 Å². The van der Waals surface area contributed by atoms with Crippen LogP contribution in [0.25, 0.3) is 0 Å². The van der Waals surface area contributed by atoms with Crippen LogP contribution in [0.5, 0.6) is 0 Å². The van der Waals surface area contributed by atoms with Crippen molar-refractivity contribution in [2.45, 2.75) is 123 Å². The van der Waals surface area contributed by atoms with Gasteiger partial charge in [-0.25, -0.2) is 4.79 Å². The zero-order chi connectivity index (χ0) is 34.0. The first-order valence-electron chi connectivity index (χ1n) is 16.8. The Morgan fingerprint density at radius 1 is 1.04 bits per heavy atom. The molecule has 10 heteroatoms. The predicted octanol–water partition coefficient (Wildman–Crippen LogP) is 5.59. The summed E-state index contributed by atoms with van der Waals surface area (Å²) >= 11 is 0. The van der Waals surface area contributed by atoms with Crippen molar-refractivity contribution in [1.82, 2.24) is 0 Å². The molecular formula is C36H50O9Si. The summed E-state index contributed by atoms with van der Waals surface area (Å²) in [6, 6.07) is 10.9. The van der Waals surface area contributed by atoms with E-state index in [4.69, 9.17) is 18.6 Å². The number of hydrogen-bond donors (Lipinski definition) is 1. The molecule has 0 spiro atoms. The van der Waals surface area contributed by atoms with Gasteiger partial charge in [0, 0.05) is 24.3 Å². The molecule has 1 aromatic carbocycles. The van der Waals surface area contributed by atoms with Crippen LogP contribution in [0.15, 0.2) is 41.5 Å². The number of carbonyl (C=O) groups excluding carboxylic acids is 4. The van der Waals surface area contributed by atoms with Crippen molar-refractivity contribution in [2.75, 3.05) is 6.61 Å². The summed E-state index contributed by atoms with van der Waals surface area (Å²) < 4.78 is 25.9. The number of aliphatic hydroxyl groups is 1. The van der Waals surface area contributed by atoms with E-state index >= 15 is 4.79 Å². The van der Waals surface area contributed by atoms with Crippen LogP contribution >= 0.6 is 0 Å². The van der Waals surface area contributed by atoms with E-state index in [-0.39, 0.29) is 36.5 Å². The molecular weight excluding hydrogens is 604 g/mol. The Morgan fingerprint density at radius 2 is 1.65 bits per heavy atom. The van der Waals surface area contributed by atoms with E-state index in [0.29, 0.717) is 0 Å². The number of fused-ring (bicyclic) bond motifs is 5. The fourth-order valence-corrected chi connectivity index (χ4v) is 12.1. The van der Waals surface area contributed by atoms with Crippen molar-refractivity contribution in [3.05, 3.63) is 47.0 Å². The third-order valence-electron chi connectivity index (χ3n) is 12.4. The molecule has 0 aromatic heterocycles. The monoisotopic (exact) mass is 654 g/mol. The molecule has 1 heterocycles. The maximum Gasteiger partial charge on any atom is 0.338 e. The van der Waals surface area contributed by atoms with Gasteiger partial charge in [0.2, 0.25) is 11.6 Å². The molecule has 2 saturated carbocycles. The number of esters is 2. The molecule has 1 aromatic rings. The molecule has 5 rings (SSSR count). The van der Waals surface area contributed by atoms with Crippen molar-refractivity contribution >= 4 is 31.8 Å². The second-order valence-electron chi connectivity index (χ2n) is 14.8. The van der Waals surface area contributed by atoms with Crippen LogP contribution < -0.4 is 0 Å². The van der Waals surface area contributed by atoms with Gasteiger partial charge in [-0.3, -0.25) is 14.4 Å². The molecule has 1 saturated heterocycles. The third-order valence-corrected chi connectivity index (χ3v) is 17.0. The molecule has 1 aliphatic heterocycles. The lowest BCUT2D eigenvalue weighted by molar-refractivity contribution is -0.342. The van der Waals surface area contributed by atoms with Gasteiger partial charge in [-0.1, -0.05) is 65.3 Å². The van der Waals surface area contributed by atoms with Gasteiger partial charge >= 0.3 is 11.9 Å². The zero-order valence-electron chi connectivity index (χ0n) is 28.7. The quantitative estimate of drug-likeness (QED) is 0.217. The molecule has 3 aliphatic carbocycles. The van der Waals surface area contributed by atoms with Crippen LogP contribution in [-0.4, -0.2) is 73.0 Å². The minimum atomic E-state index is -2.41. The van der Waals surface area contributed by atoms with E-state index in [1.165, 1.54) is 6.92 Å². The zero-order valence-corrected chi connectivity index (χ0v) is 29.7. The summed E-state index contributed by atoms with van der Waals surface area (Å²) in [6.07, 6.45) is -2.51. The van der Waals surface area contributed by atoms with E-state index in [1.54, 1.807) is 51.1 Å². The van der Waals surface area contributed by atoms with E-state index in [0.717, 1.165) is 23.7 Å². The normalized spacial score (nSPS) is 36.9. The van der Waals surface area contributed by atoms with Gasteiger partial charge in [0.05, 0.1) is 29.6 Å². The summed E-state index contributed by atoms with van der Waals surface area (Å²) in [6.45, 7) is 16.4. The summed E-state index contributed by atoms with van der Waals surface area (Å²) in [4.78, 5) is 56.7. The first kappa shape index (κ1) is 34.7. The highest BCUT2D eigenvalue weighted by Gasteiger charge is 2.78. The van der Waals surface area contributed by atoms with Gasteiger partial charge in [0.25, 0.3) is 0 Å². The number of hydrogen-bond acceptors (Lipinski definition) is 9. The predicted molar refractivity (Wildman–Crippen MR) is 173 cm³/mol. The number of allylic oxidation sites excluding steroid dienone is 1. The van der Waals surface area contributed by atoms with Crippen molar-refractivity contribution < 1.29 is 42.9 Å². The largest absolute Gasteiger partial charge is 0.455 e. The topological polar surface area (TPSA) is 125 Å². The first-order chi connectivity index (χ1) is 21.5. The van der Waals surface area contributed by atoms with E-state index < -0.39 is 78.1 Å². The molecule has 46 heavy (non-hydrogen) atoms. The van der Waals surface area contributed by atoms with Gasteiger partial charge < -0.3 is 23.7 Å². The maximum absolute atomic E-state index is 15.1. The van der Waals surface area contributed by atoms with Gasteiger partial charge in [0.15, 0.2) is 13.9 Å². The minimum absolute atomic E-state index is 0.0726. The van der Waals surface area contributed by atoms with E-state index in [1.807, 2.05) is 13.8 Å². The Hall–Kier alpha value is -2.66. The Kier molecular flexibility index (Phi) is 8.88. The van der Waals surface area contributed by atoms with Crippen molar-refractivity contribution in [3.63, 3.8) is 0 Å². The molecule has 3 fully saturated rings. The third kappa shape index (κ3) is 4.80. The summed E-state index contributed by atoms with van der Waals surface area (Å²) in [5, 5.41) is 13.2. The Balaban J connectivity index is 1.84. The molecule has 0 radical (unpaired) electrons. The van der Waals surface area contributed by atoms with Gasteiger partial charge in [0.1, 0.15) is 17.8 Å². The average molecular weight is 655 g/mol. The Bertz CT molecular complexity index is 1440. The summed E-state index contributed by atoms with van der Waals surface area (Å²) in [7, 11) is -2.41. The van der Waals surface area contributed by atoms with E-state index in [2.05, 4.69) is 20.8 Å². The highest BCUT2D eigenvalue weighted by molar-refractivity contribution is 6.73. The summed E-state index contributed by atoms with van der Waals surface area (Å²) in [5.41, 5.74) is -4.98. The molecule has 1 unspecified atom stereocenters. The number of carbonyl (C=O) groups is 4. The molecule has 2 bridgehead atoms. The van der Waals surface area contributed by atoms with Crippen LogP contribution in [0, 0.1) is 22.7 Å². The SMILES string of the molecule is CC[Si](CC)(CC)OC1C[C@H]2OC[C@@]2(OC(C)=O)[C@H]2[C@H](OC(=O)c3ccccc3)[C@]3(O)C[C@H](C)C(C)=C(C(=O)C(=O)[C@]12C)C3(C)C. The van der Waals surface area contributed by atoms with Crippen LogP contribution in [0.2, 0.25) is 18.1 Å². The van der Waals surface area contributed by atoms with Crippen LogP contribution in [0.4, 0.5) is 0 Å². The highest BCUT2D eigenvalue weighted by atomic mass is 28.4. The molecule has 4 aliphatic rings. The Labute approximate surface area is 273 Å². The number of Topliss-reactive ketones (excluding diaryl/α,β-unsaturated/α-hetero) is 2. The molecule has 9 nitrogen and oxygen atoms in total. The lowest BCUT2D eigenvalue weighted by Crippen LogP contribution is -2.82. The lowest BCUT2D eigenvalue weighted by Gasteiger charge is -2.67. The first-order valence-corrected chi connectivity index (χ1v) is 19.3. The average Bonchev–Trinajstić information content (AvgIpc) is 3.01. The fourth-order valence-electron chi connectivity index (χ4n) is 9.15. The van der Waals surface area contributed by atoms with Gasteiger partial charge in [-0.2, -0.15) is 0 Å². The molecule has 0 amide bonds. The lowest BCUT2D eigenvalue weighted by atomic mass is 9.44. The Morgan fingerprint density at radius 3 is 2.17 bits per heavy atom. The second kappa shape index (κ2) is 11.8. The van der Waals surface area contributed by atoms with Crippen molar-refractivity contribution in [2.24, 2.45) is 22.7 Å². The van der Waals surface area contributed by atoms with E-state index in [9.17, 15) is 19.5 Å². The van der Waals surface area contributed by atoms with Crippen LogP contribution in [-0.2, 0) is 33.0 Å². The highest BCUT2D eigenvalue weighted by Crippen LogP contribution is 2.64. The number of ketones is 2. The smallest absolute Gasteiger partial charge is 0.338 e. The molecule has 1 N–H and O–H groups in total. The molecule has 8 atom stereocenters. The standard InChI is InChI=1S/C36H50O9Si/c1-10-46(11-2,12-3)45-25-18-26-35(20-42-26,44-23(6)37)29-31(43-32(40)24-16-14-13-15-17-24)36(41)19-21(4)22(5)27(33(36,7)8)28(38)30(39)34(25,29)9/h13-17,21,25-26,29,31,41H,10-12,18-20H2,1-9H3/t21-,25?,26+,29-,31-,34+,35-,36+/m0/s1. The van der Waals surface area contributed by atoms with Crippen molar-refractivity contribution in [1.29, 1.82) is 0 Å². The fraction of sp³-hybridized carbons (Fsp3) is 0.667. The number of ether oxygens (including phenoxy) is 3. The minimum Gasteiger partial charge on any atom is -0.455 e. The van der Waals surface area contributed by atoms with Gasteiger partial charge in [-0.15, -0.1) is 0 Å². The molecule has 252 valence electrons. The van der Waals surface area contributed by atoms with Crippen LogP contribution in [0.1, 0.15) is 85.5 Å².